The van der Waals surface area contributed by atoms with Gasteiger partial charge in [-0.1, -0.05) is 6.07 Å². The molecule has 2 aliphatic rings. The molecular weight excluding hydrogens is 489 g/mol. The lowest BCUT2D eigenvalue weighted by Crippen LogP contribution is -2.50. The maximum atomic E-state index is 11.3. The number of hydrogen-bond acceptors (Lipinski definition) is 5. The van der Waals surface area contributed by atoms with Gasteiger partial charge < -0.3 is 20.7 Å². The molecule has 3 rings (SSSR count). The van der Waals surface area contributed by atoms with Gasteiger partial charge in [-0.15, -0.1) is 35.3 Å². The van der Waals surface area contributed by atoms with Crippen molar-refractivity contribution in [2.45, 2.75) is 25.3 Å². The summed E-state index contributed by atoms with van der Waals surface area (Å²) in [5.41, 5.74) is 5.39. The van der Waals surface area contributed by atoms with Crippen LogP contribution in [0.3, 0.4) is 0 Å². The molecule has 1 amide bonds. The Bertz CT molecular complexity index is 622. The fourth-order valence-corrected chi connectivity index (χ4v) is 4.87. The molecule has 0 saturated carbocycles. The average molecular weight is 521 g/mol. The predicted octanol–water partition coefficient (Wildman–Crippen LogP) is 1.90. The summed E-state index contributed by atoms with van der Waals surface area (Å²) in [5, 5.41) is 5.72. The van der Waals surface area contributed by atoms with Crippen LogP contribution in [0.1, 0.15) is 30.2 Å². The number of nitrogens with two attached hydrogens (primary N) is 1. The molecule has 0 bridgehead atoms. The first-order chi connectivity index (χ1) is 13.2. The van der Waals surface area contributed by atoms with E-state index in [1.165, 1.54) is 4.88 Å². The van der Waals surface area contributed by atoms with Crippen molar-refractivity contribution in [1.29, 1.82) is 0 Å². The van der Waals surface area contributed by atoms with Crippen LogP contribution in [0.5, 0.6) is 0 Å². The second kappa shape index (κ2) is 11.9. The molecule has 0 radical (unpaired) electrons. The molecule has 1 aromatic rings. The van der Waals surface area contributed by atoms with Crippen LogP contribution in [0, 0.1) is 5.92 Å². The van der Waals surface area contributed by atoms with Gasteiger partial charge in [0.15, 0.2) is 5.96 Å². The van der Waals surface area contributed by atoms with Gasteiger partial charge in [0.1, 0.15) is 0 Å². The molecule has 9 heteroatoms. The largest absolute Gasteiger partial charge is 0.379 e. The van der Waals surface area contributed by atoms with Crippen molar-refractivity contribution in [1.82, 2.24) is 15.1 Å². The lowest BCUT2D eigenvalue weighted by molar-refractivity contribution is -0.119. The van der Waals surface area contributed by atoms with Crippen molar-refractivity contribution in [2.75, 3.05) is 53.0 Å². The van der Waals surface area contributed by atoms with Crippen molar-refractivity contribution in [2.24, 2.45) is 16.6 Å². The van der Waals surface area contributed by atoms with Gasteiger partial charge in [0, 0.05) is 51.1 Å². The number of nitrogens with one attached hydrogen (secondary N) is 1. The Kier molecular flexibility index (Phi) is 9.96. The van der Waals surface area contributed by atoms with Crippen LogP contribution >= 0.6 is 35.3 Å². The highest BCUT2D eigenvalue weighted by Crippen LogP contribution is 2.26. The maximum Gasteiger partial charge on any atom is 0.217 e. The molecule has 158 valence electrons. The van der Waals surface area contributed by atoms with Crippen molar-refractivity contribution in [3.05, 3.63) is 22.4 Å². The Morgan fingerprint density at radius 1 is 1.43 bits per heavy atom. The molecule has 2 atom stereocenters. The molecule has 2 fully saturated rings. The monoisotopic (exact) mass is 521 g/mol. The molecule has 28 heavy (non-hydrogen) atoms. The number of rotatable bonds is 6. The van der Waals surface area contributed by atoms with Gasteiger partial charge in [-0.25, -0.2) is 0 Å². The summed E-state index contributed by atoms with van der Waals surface area (Å²) in [6.45, 7) is 6.10. The lowest BCUT2D eigenvalue weighted by Gasteiger charge is -2.37. The SMILES string of the molecule is CN=C(NCC(c1cccs1)N1CCOCC1)N1CCCC(CC(N)=O)C1.I. The van der Waals surface area contributed by atoms with Gasteiger partial charge in [-0.2, -0.15) is 0 Å². The number of thiophene rings is 1. The highest BCUT2D eigenvalue weighted by Gasteiger charge is 2.26. The Balaban J connectivity index is 0.00000280. The summed E-state index contributed by atoms with van der Waals surface area (Å²) in [7, 11) is 1.83. The van der Waals surface area contributed by atoms with Crippen LogP contribution in [0.25, 0.3) is 0 Å². The van der Waals surface area contributed by atoms with E-state index in [9.17, 15) is 4.79 Å². The molecule has 2 unspecified atom stereocenters. The Morgan fingerprint density at radius 2 is 2.21 bits per heavy atom. The minimum atomic E-state index is -0.213. The summed E-state index contributed by atoms with van der Waals surface area (Å²) >= 11 is 1.80. The van der Waals surface area contributed by atoms with Gasteiger partial charge in [0.25, 0.3) is 0 Å². The number of amides is 1. The van der Waals surface area contributed by atoms with E-state index in [2.05, 4.69) is 37.6 Å². The fourth-order valence-electron chi connectivity index (χ4n) is 4.01. The van der Waals surface area contributed by atoms with Crippen LogP contribution in [-0.4, -0.2) is 74.7 Å². The van der Waals surface area contributed by atoms with Crippen molar-refractivity contribution in [3.63, 3.8) is 0 Å². The quantitative estimate of drug-likeness (QED) is 0.340. The second-order valence-electron chi connectivity index (χ2n) is 7.23. The average Bonchev–Trinajstić information content (AvgIpc) is 3.20. The summed E-state index contributed by atoms with van der Waals surface area (Å²) in [6, 6.07) is 4.64. The number of carbonyl (C=O) groups is 1. The number of halogens is 1. The number of carbonyl (C=O) groups excluding carboxylic acids is 1. The van der Waals surface area contributed by atoms with Gasteiger partial charge >= 0.3 is 0 Å². The predicted molar refractivity (Wildman–Crippen MR) is 124 cm³/mol. The van der Waals surface area contributed by atoms with Crippen LogP contribution in [0.4, 0.5) is 0 Å². The van der Waals surface area contributed by atoms with Crippen LogP contribution in [0.15, 0.2) is 22.5 Å². The number of aliphatic imine (C=N–C) groups is 1. The number of morpholine rings is 1. The first-order valence-corrected chi connectivity index (χ1v) is 10.6. The molecule has 0 spiro atoms. The van der Waals surface area contributed by atoms with E-state index in [1.54, 1.807) is 11.3 Å². The summed E-state index contributed by atoms with van der Waals surface area (Å²) < 4.78 is 5.52. The van der Waals surface area contributed by atoms with Gasteiger partial charge in [0.2, 0.25) is 5.91 Å². The van der Waals surface area contributed by atoms with E-state index in [0.29, 0.717) is 18.4 Å². The van der Waals surface area contributed by atoms with Crippen molar-refractivity contribution < 1.29 is 9.53 Å². The van der Waals surface area contributed by atoms with E-state index in [1.807, 2.05) is 7.05 Å². The first kappa shape index (κ1) is 23.4. The van der Waals surface area contributed by atoms with Crippen LogP contribution < -0.4 is 11.1 Å². The number of guanidine groups is 1. The third-order valence-electron chi connectivity index (χ3n) is 5.33. The topological polar surface area (TPSA) is 83.2 Å². The number of ether oxygens (including phenoxy) is 1. The van der Waals surface area contributed by atoms with E-state index < -0.39 is 0 Å². The summed E-state index contributed by atoms with van der Waals surface area (Å²) in [4.78, 5) is 21.9. The number of hydrogen-bond donors (Lipinski definition) is 2. The Hall–Kier alpha value is -0.910. The number of primary amides is 1. The molecular formula is C19H32IN5O2S. The Labute approximate surface area is 188 Å². The third-order valence-corrected chi connectivity index (χ3v) is 6.31. The number of piperidine rings is 1. The highest BCUT2D eigenvalue weighted by atomic mass is 127. The Morgan fingerprint density at radius 3 is 2.86 bits per heavy atom. The van der Waals surface area contributed by atoms with Crippen molar-refractivity contribution in [3.8, 4) is 0 Å². The van der Waals surface area contributed by atoms with Crippen LogP contribution in [-0.2, 0) is 9.53 Å². The highest BCUT2D eigenvalue weighted by molar-refractivity contribution is 14.0. The van der Waals surface area contributed by atoms with Gasteiger partial charge in [-0.3, -0.25) is 14.7 Å². The van der Waals surface area contributed by atoms with Crippen LogP contribution in [0.2, 0.25) is 0 Å². The van der Waals surface area contributed by atoms with Crippen molar-refractivity contribution >= 4 is 47.2 Å². The normalized spacial score (nSPS) is 22.4. The lowest BCUT2D eigenvalue weighted by atomic mass is 9.95. The summed E-state index contributed by atoms with van der Waals surface area (Å²) in [5.74, 6) is 1.02. The third kappa shape index (κ3) is 6.57. The molecule has 3 heterocycles. The molecule has 7 nitrogen and oxygen atoms in total. The smallest absolute Gasteiger partial charge is 0.217 e. The molecule has 0 aromatic carbocycles. The zero-order valence-corrected chi connectivity index (χ0v) is 19.7. The minimum Gasteiger partial charge on any atom is -0.379 e. The molecule has 1 aromatic heterocycles. The molecule has 0 aliphatic carbocycles. The maximum absolute atomic E-state index is 11.3. The zero-order chi connectivity index (χ0) is 19.1. The molecule has 3 N–H and O–H groups in total. The first-order valence-electron chi connectivity index (χ1n) is 9.76. The zero-order valence-electron chi connectivity index (χ0n) is 16.5. The van der Waals surface area contributed by atoms with Gasteiger partial charge in [0.05, 0.1) is 19.3 Å². The van der Waals surface area contributed by atoms with Gasteiger partial charge in [-0.05, 0) is 30.2 Å². The standard InChI is InChI=1S/C19H31N5O2S.HI/c1-21-19(24-6-2-4-15(14-24)12-18(20)25)22-13-16(17-5-3-11-27-17)23-7-9-26-10-8-23;/h3,5,11,15-16H,2,4,6-10,12-14H2,1H3,(H2,20,25)(H,21,22);1H. The van der Waals surface area contributed by atoms with E-state index in [4.69, 9.17) is 10.5 Å². The van der Waals surface area contributed by atoms with E-state index >= 15 is 0 Å². The molecule has 2 saturated heterocycles. The molecule has 2 aliphatic heterocycles. The number of likely N-dealkylation sites (tertiary alicyclic amines) is 1. The number of nitrogens with zero attached hydrogens (tertiary/aromatic N) is 3. The second-order valence-corrected chi connectivity index (χ2v) is 8.21. The summed E-state index contributed by atoms with van der Waals surface area (Å²) in [6.07, 6.45) is 2.58. The minimum absolute atomic E-state index is 0. The fraction of sp³-hybridized carbons (Fsp3) is 0.684. The van der Waals surface area contributed by atoms with E-state index in [0.717, 1.165) is 64.7 Å². The van der Waals surface area contributed by atoms with E-state index in [-0.39, 0.29) is 29.9 Å².